The maximum atomic E-state index is 11.9. The fourth-order valence-corrected chi connectivity index (χ4v) is 1.65. The Morgan fingerprint density at radius 1 is 1.44 bits per heavy atom. The van der Waals surface area contributed by atoms with Gasteiger partial charge >= 0.3 is 0 Å². The normalized spacial score (nSPS) is 12.3. The maximum Gasteiger partial charge on any atom is 0.246 e. The number of rotatable bonds is 3. The summed E-state index contributed by atoms with van der Waals surface area (Å²) in [5.41, 5.74) is 0.900. The molecule has 1 N–H and O–H groups in total. The molecule has 0 aromatic carbocycles. The molecule has 0 radical (unpaired) electrons. The summed E-state index contributed by atoms with van der Waals surface area (Å²) in [6.45, 7) is 4.58. The molecule has 0 aliphatic carbocycles. The van der Waals surface area contributed by atoms with Crippen molar-refractivity contribution in [3.05, 3.63) is 22.3 Å². The average molecular weight is 335 g/mol. The van der Waals surface area contributed by atoms with Gasteiger partial charge in [-0.2, -0.15) is 0 Å². The zero-order chi connectivity index (χ0) is 14.1. The van der Waals surface area contributed by atoms with Crippen LogP contribution in [0.15, 0.2) is 16.7 Å². The number of hydrogen-bond donors (Lipinski definition) is 1. The molecule has 1 aromatic rings. The third kappa shape index (κ3) is 3.08. The van der Waals surface area contributed by atoms with Crippen LogP contribution in [0.4, 0.5) is 5.82 Å². The molecule has 0 saturated heterocycles. The van der Waals surface area contributed by atoms with Crippen molar-refractivity contribution in [2.45, 2.75) is 25.5 Å². The van der Waals surface area contributed by atoms with E-state index in [1.54, 1.807) is 12.3 Å². The quantitative estimate of drug-likeness (QED) is 0.916. The van der Waals surface area contributed by atoms with Gasteiger partial charge in [-0.15, -0.1) is 0 Å². The number of aromatic nitrogens is 1. The Bertz CT molecular complexity index is 582. The first kappa shape index (κ1) is 15.1. The van der Waals surface area contributed by atoms with Crippen LogP contribution in [-0.2, 0) is 14.6 Å². The van der Waals surface area contributed by atoms with E-state index in [0.717, 1.165) is 16.3 Å². The average Bonchev–Trinajstić information content (AvgIpc) is 2.21. The van der Waals surface area contributed by atoms with E-state index in [9.17, 15) is 13.2 Å². The van der Waals surface area contributed by atoms with E-state index in [-0.39, 0.29) is 0 Å². The zero-order valence-electron chi connectivity index (χ0n) is 10.6. The van der Waals surface area contributed by atoms with Crippen LogP contribution in [-0.4, -0.2) is 30.3 Å². The molecule has 0 aliphatic heterocycles. The molecule has 0 fully saturated rings. The van der Waals surface area contributed by atoms with Gasteiger partial charge in [-0.05, 0) is 48.3 Å². The van der Waals surface area contributed by atoms with Crippen molar-refractivity contribution in [1.29, 1.82) is 0 Å². The molecule has 5 nitrogen and oxygen atoms in total. The maximum absolute atomic E-state index is 11.9. The van der Waals surface area contributed by atoms with Gasteiger partial charge in [0.1, 0.15) is 10.6 Å². The predicted molar refractivity (Wildman–Crippen MR) is 74.2 cm³/mol. The molecule has 0 atom stereocenters. The van der Waals surface area contributed by atoms with Gasteiger partial charge < -0.3 is 5.32 Å². The number of aryl methyl sites for hydroxylation is 1. The van der Waals surface area contributed by atoms with Crippen LogP contribution in [0.5, 0.6) is 0 Å². The second-order valence-corrected chi connectivity index (χ2v) is 7.97. The highest BCUT2D eigenvalue weighted by Crippen LogP contribution is 2.20. The Morgan fingerprint density at radius 2 is 2.00 bits per heavy atom. The highest BCUT2D eigenvalue weighted by Gasteiger charge is 2.38. The molecule has 100 valence electrons. The molecule has 7 heteroatoms. The molecule has 18 heavy (non-hydrogen) atoms. The second kappa shape index (κ2) is 4.97. The minimum absolute atomic E-state index is 0.331. The zero-order valence-corrected chi connectivity index (χ0v) is 13.0. The number of nitrogens with one attached hydrogen (secondary N) is 1. The Morgan fingerprint density at radius 3 is 2.44 bits per heavy atom. The predicted octanol–water partition coefficient (Wildman–Crippen LogP) is 1.91. The van der Waals surface area contributed by atoms with Gasteiger partial charge in [0, 0.05) is 16.9 Å². The number of carbonyl (C=O) groups excluding carboxylic acids is 1. The molecule has 0 bridgehead atoms. The van der Waals surface area contributed by atoms with Crippen LogP contribution in [0, 0.1) is 6.92 Å². The lowest BCUT2D eigenvalue weighted by Gasteiger charge is -2.21. The molecule has 0 unspecified atom stereocenters. The summed E-state index contributed by atoms with van der Waals surface area (Å²) in [5, 5.41) is 2.51. The number of amides is 1. The van der Waals surface area contributed by atoms with Crippen LogP contribution in [0.25, 0.3) is 0 Å². The van der Waals surface area contributed by atoms with Gasteiger partial charge in [0.15, 0.2) is 9.84 Å². The molecule has 0 aliphatic rings. The van der Waals surface area contributed by atoms with Crippen LogP contribution >= 0.6 is 15.9 Å². The smallest absolute Gasteiger partial charge is 0.246 e. The third-order valence-electron chi connectivity index (χ3n) is 2.76. The van der Waals surface area contributed by atoms with Crippen molar-refractivity contribution < 1.29 is 13.2 Å². The van der Waals surface area contributed by atoms with Crippen molar-refractivity contribution in [1.82, 2.24) is 4.98 Å². The molecule has 0 saturated carbocycles. The van der Waals surface area contributed by atoms with E-state index in [0.29, 0.717) is 5.82 Å². The highest BCUT2D eigenvalue weighted by atomic mass is 79.9. The van der Waals surface area contributed by atoms with Gasteiger partial charge in [-0.1, -0.05) is 0 Å². The topological polar surface area (TPSA) is 76.1 Å². The number of carbonyl (C=O) groups is 1. The van der Waals surface area contributed by atoms with Crippen molar-refractivity contribution in [3.8, 4) is 0 Å². The summed E-state index contributed by atoms with van der Waals surface area (Å²) in [5.74, 6) is -0.267. The van der Waals surface area contributed by atoms with Gasteiger partial charge in [-0.25, -0.2) is 13.4 Å². The van der Waals surface area contributed by atoms with Crippen molar-refractivity contribution in [2.75, 3.05) is 11.6 Å². The Labute approximate surface area is 115 Å². The number of pyridine rings is 1. The standard InChI is InChI=1S/C11H15BrN2O3S/c1-7-5-9(13-6-8(7)12)14-10(15)11(2,3)18(4,16)17/h5-6H,1-4H3,(H,13,14,15). The molecule has 1 aromatic heterocycles. The van der Waals surface area contributed by atoms with Crippen molar-refractivity contribution >= 4 is 37.5 Å². The minimum Gasteiger partial charge on any atom is -0.309 e. The van der Waals surface area contributed by atoms with Gasteiger partial charge in [0.05, 0.1) is 0 Å². The van der Waals surface area contributed by atoms with Gasteiger partial charge in [0.25, 0.3) is 0 Å². The molecule has 0 spiro atoms. The van der Waals surface area contributed by atoms with E-state index in [2.05, 4.69) is 26.2 Å². The first-order chi connectivity index (χ1) is 8.05. The SMILES string of the molecule is Cc1cc(NC(=O)C(C)(C)S(C)(=O)=O)ncc1Br. The summed E-state index contributed by atoms with van der Waals surface area (Å²) in [6, 6.07) is 1.67. The lowest BCUT2D eigenvalue weighted by atomic mass is 10.2. The van der Waals surface area contributed by atoms with Crippen molar-refractivity contribution in [2.24, 2.45) is 0 Å². The minimum atomic E-state index is -3.49. The van der Waals surface area contributed by atoms with Crippen LogP contribution in [0.3, 0.4) is 0 Å². The first-order valence-corrected chi connectivity index (χ1v) is 7.87. The monoisotopic (exact) mass is 334 g/mol. The number of nitrogens with zero attached hydrogens (tertiary/aromatic N) is 1. The van der Waals surface area contributed by atoms with Crippen LogP contribution in [0.1, 0.15) is 19.4 Å². The third-order valence-corrected chi connectivity index (χ3v) is 5.63. The highest BCUT2D eigenvalue weighted by molar-refractivity contribution is 9.10. The number of halogens is 1. The molecule has 1 amide bonds. The lowest BCUT2D eigenvalue weighted by molar-refractivity contribution is -0.117. The fraction of sp³-hybridized carbons (Fsp3) is 0.455. The molecule has 1 rings (SSSR count). The van der Waals surface area contributed by atoms with E-state index in [1.807, 2.05) is 6.92 Å². The molecular weight excluding hydrogens is 320 g/mol. The van der Waals surface area contributed by atoms with E-state index >= 15 is 0 Å². The van der Waals surface area contributed by atoms with E-state index in [1.165, 1.54) is 13.8 Å². The summed E-state index contributed by atoms with van der Waals surface area (Å²) in [7, 11) is -3.49. The fourth-order valence-electron chi connectivity index (χ4n) is 1.04. The summed E-state index contributed by atoms with van der Waals surface area (Å²) < 4.78 is 22.4. The number of sulfone groups is 1. The van der Waals surface area contributed by atoms with Crippen LogP contribution in [0.2, 0.25) is 0 Å². The molecular formula is C11H15BrN2O3S. The van der Waals surface area contributed by atoms with Gasteiger partial charge in [0.2, 0.25) is 5.91 Å². The van der Waals surface area contributed by atoms with E-state index < -0.39 is 20.5 Å². The number of anilines is 1. The first-order valence-electron chi connectivity index (χ1n) is 5.19. The summed E-state index contributed by atoms with van der Waals surface area (Å²) >= 11 is 3.30. The summed E-state index contributed by atoms with van der Waals surface area (Å²) in [4.78, 5) is 15.9. The number of hydrogen-bond acceptors (Lipinski definition) is 4. The van der Waals surface area contributed by atoms with E-state index in [4.69, 9.17) is 0 Å². The van der Waals surface area contributed by atoms with Gasteiger partial charge in [-0.3, -0.25) is 4.79 Å². The molecule has 1 heterocycles. The second-order valence-electron chi connectivity index (χ2n) is 4.56. The Hall–Kier alpha value is -0.950. The summed E-state index contributed by atoms with van der Waals surface area (Å²) in [6.07, 6.45) is 2.59. The van der Waals surface area contributed by atoms with Crippen molar-refractivity contribution in [3.63, 3.8) is 0 Å². The van der Waals surface area contributed by atoms with Crippen LogP contribution < -0.4 is 5.32 Å². The Balaban J connectivity index is 2.99. The lowest BCUT2D eigenvalue weighted by Crippen LogP contribution is -2.44. The largest absolute Gasteiger partial charge is 0.309 e. The Kier molecular flexibility index (Phi) is 4.17.